The number of ether oxygens (including phenoxy) is 1. The van der Waals surface area contributed by atoms with Crippen LogP contribution in [-0.4, -0.2) is 40.7 Å². The number of carboxylic acid groups (broad SMARTS) is 1. The Labute approximate surface area is 114 Å². The van der Waals surface area contributed by atoms with Gasteiger partial charge in [0.25, 0.3) is 5.91 Å². The van der Waals surface area contributed by atoms with Crippen molar-refractivity contribution in [3.05, 3.63) is 42.0 Å². The lowest BCUT2D eigenvalue weighted by Gasteiger charge is -2.10. The minimum Gasteiger partial charge on any atom is -0.495 e. The van der Waals surface area contributed by atoms with Gasteiger partial charge in [0.2, 0.25) is 0 Å². The highest BCUT2D eigenvalue weighted by Gasteiger charge is 2.13. The lowest BCUT2D eigenvalue weighted by atomic mass is 10.1. The fourth-order valence-electron chi connectivity index (χ4n) is 1.74. The summed E-state index contributed by atoms with van der Waals surface area (Å²) < 4.78 is 6.70. The van der Waals surface area contributed by atoms with E-state index < -0.39 is 5.97 Å². The zero-order valence-corrected chi connectivity index (χ0v) is 11.0. The van der Waals surface area contributed by atoms with Gasteiger partial charge in [-0.1, -0.05) is 0 Å². The molecule has 0 bridgehead atoms. The average molecular weight is 275 g/mol. The van der Waals surface area contributed by atoms with Crippen molar-refractivity contribution < 1.29 is 19.4 Å². The van der Waals surface area contributed by atoms with Gasteiger partial charge in [-0.3, -0.25) is 4.79 Å². The van der Waals surface area contributed by atoms with E-state index in [1.54, 1.807) is 18.2 Å². The second-order valence-corrected chi connectivity index (χ2v) is 3.94. The standard InChI is InChI=1S/C13H13N3O4/c1-14-12(17)8-3-4-11(20-2)10(5-8)16-6-9(13(18)19)15-7-16/h3-7H,1-2H3,(H,14,17)(H,18,19). The fraction of sp³-hybridized carbons (Fsp3) is 0.154. The predicted octanol–water partition coefficient (Wildman–Crippen LogP) is 0.939. The van der Waals surface area contributed by atoms with E-state index in [4.69, 9.17) is 9.84 Å². The maximum atomic E-state index is 11.6. The van der Waals surface area contributed by atoms with E-state index in [1.165, 1.54) is 31.2 Å². The van der Waals surface area contributed by atoms with Gasteiger partial charge in [-0.25, -0.2) is 9.78 Å². The molecule has 1 heterocycles. The number of methoxy groups -OCH3 is 1. The number of aromatic nitrogens is 2. The van der Waals surface area contributed by atoms with Crippen LogP contribution < -0.4 is 10.1 Å². The van der Waals surface area contributed by atoms with E-state index in [-0.39, 0.29) is 11.6 Å². The second-order valence-electron chi connectivity index (χ2n) is 3.94. The van der Waals surface area contributed by atoms with Gasteiger partial charge in [0.1, 0.15) is 12.1 Å². The third-order valence-corrected chi connectivity index (χ3v) is 2.75. The number of carbonyl (C=O) groups is 2. The van der Waals surface area contributed by atoms with Gasteiger partial charge in [0, 0.05) is 18.8 Å². The number of rotatable bonds is 4. The average Bonchev–Trinajstić information content (AvgIpc) is 2.95. The van der Waals surface area contributed by atoms with Crippen molar-refractivity contribution in [2.45, 2.75) is 0 Å². The number of amides is 1. The number of carboxylic acids is 1. The Morgan fingerprint density at radius 1 is 1.40 bits per heavy atom. The van der Waals surface area contributed by atoms with Gasteiger partial charge in [-0.05, 0) is 18.2 Å². The largest absolute Gasteiger partial charge is 0.495 e. The van der Waals surface area contributed by atoms with Crippen molar-refractivity contribution in [1.82, 2.24) is 14.9 Å². The van der Waals surface area contributed by atoms with E-state index >= 15 is 0 Å². The van der Waals surface area contributed by atoms with Crippen LogP contribution in [-0.2, 0) is 0 Å². The van der Waals surface area contributed by atoms with Crippen LogP contribution in [0.5, 0.6) is 5.75 Å². The molecule has 7 heteroatoms. The highest BCUT2D eigenvalue weighted by atomic mass is 16.5. The van der Waals surface area contributed by atoms with Crippen molar-refractivity contribution in [2.75, 3.05) is 14.2 Å². The van der Waals surface area contributed by atoms with Crippen LogP contribution >= 0.6 is 0 Å². The van der Waals surface area contributed by atoms with Crippen LogP contribution in [0, 0.1) is 0 Å². The molecule has 1 aromatic carbocycles. The molecule has 0 atom stereocenters. The Morgan fingerprint density at radius 2 is 2.15 bits per heavy atom. The van der Waals surface area contributed by atoms with Crippen LogP contribution in [0.4, 0.5) is 0 Å². The number of nitrogens with zero attached hydrogens (tertiary/aromatic N) is 2. The number of nitrogens with one attached hydrogen (secondary N) is 1. The van der Waals surface area contributed by atoms with E-state index in [9.17, 15) is 9.59 Å². The third kappa shape index (κ3) is 2.46. The number of hydrogen-bond donors (Lipinski definition) is 2. The Bertz CT molecular complexity index is 663. The van der Waals surface area contributed by atoms with Crippen molar-refractivity contribution in [3.63, 3.8) is 0 Å². The molecular weight excluding hydrogens is 262 g/mol. The van der Waals surface area contributed by atoms with Crippen molar-refractivity contribution in [2.24, 2.45) is 0 Å². The summed E-state index contributed by atoms with van der Waals surface area (Å²) in [5.74, 6) is -0.857. The highest BCUT2D eigenvalue weighted by Crippen LogP contribution is 2.24. The van der Waals surface area contributed by atoms with Crippen molar-refractivity contribution >= 4 is 11.9 Å². The molecule has 0 aliphatic rings. The number of benzene rings is 1. The van der Waals surface area contributed by atoms with Crippen molar-refractivity contribution in [3.8, 4) is 11.4 Å². The lowest BCUT2D eigenvalue weighted by molar-refractivity contribution is 0.0690. The highest BCUT2D eigenvalue weighted by molar-refractivity contribution is 5.95. The molecule has 0 saturated heterocycles. The Balaban J connectivity index is 2.51. The zero-order valence-electron chi connectivity index (χ0n) is 11.0. The minimum atomic E-state index is -1.12. The normalized spacial score (nSPS) is 10.1. The summed E-state index contributed by atoms with van der Waals surface area (Å²) in [5, 5.41) is 11.4. The van der Waals surface area contributed by atoms with E-state index in [0.29, 0.717) is 17.0 Å². The third-order valence-electron chi connectivity index (χ3n) is 2.75. The first kappa shape index (κ1) is 13.6. The molecular formula is C13H13N3O4. The summed E-state index contributed by atoms with van der Waals surface area (Å²) in [4.78, 5) is 26.3. The van der Waals surface area contributed by atoms with Gasteiger partial charge in [0.15, 0.2) is 5.69 Å². The van der Waals surface area contributed by atoms with Crippen molar-refractivity contribution in [1.29, 1.82) is 0 Å². The summed E-state index contributed by atoms with van der Waals surface area (Å²) in [6, 6.07) is 4.86. The monoisotopic (exact) mass is 275 g/mol. The number of imidazole rings is 1. The molecule has 2 N–H and O–H groups in total. The number of aromatic carboxylic acids is 1. The van der Waals surface area contributed by atoms with E-state index in [2.05, 4.69) is 10.3 Å². The summed E-state index contributed by atoms with van der Waals surface area (Å²) in [5.41, 5.74) is 0.889. The zero-order chi connectivity index (χ0) is 14.7. The summed E-state index contributed by atoms with van der Waals surface area (Å²) >= 11 is 0. The smallest absolute Gasteiger partial charge is 0.356 e. The summed E-state index contributed by atoms with van der Waals surface area (Å²) in [6.45, 7) is 0. The van der Waals surface area contributed by atoms with Crippen LogP contribution in [0.15, 0.2) is 30.7 Å². The summed E-state index contributed by atoms with van der Waals surface area (Å²) in [7, 11) is 3.03. The van der Waals surface area contributed by atoms with Gasteiger partial charge in [0.05, 0.1) is 12.8 Å². The quantitative estimate of drug-likeness (QED) is 0.866. The lowest BCUT2D eigenvalue weighted by Crippen LogP contribution is -2.18. The van der Waals surface area contributed by atoms with Crippen LogP contribution in [0.1, 0.15) is 20.8 Å². The molecule has 7 nitrogen and oxygen atoms in total. The Kier molecular flexibility index (Phi) is 3.69. The van der Waals surface area contributed by atoms with Gasteiger partial charge in [-0.15, -0.1) is 0 Å². The Morgan fingerprint density at radius 3 is 2.70 bits per heavy atom. The van der Waals surface area contributed by atoms with Gasteiger partial charge in [-0.2, -0.15) is 0 Å². The maximum Gasteiger partial charge on any atom is 0.356 e. The Hall–Kier alpha value is -2.83. The molecule has 2 aromatic rings. The molecule has 2 rings (SSSR count). The predicted molar refractivity (Wildman–Crippen MR) is 70.5 cm³/mol. The molecule has 0 aliphatic heterocycles. The molecule has 0 radical (unpaired) electrons. The van der Waals surface area contributed by atoms with Gasteiger partial charge < -0.3 is 19.7 Å². The molecule has 104 valence electrons. The maximum absolute atomic E-state index is 11.6. The minimum absolute atomic E-state index is 0.0857. The SMILES string of the molecule is CNC(=O)c1ccc(OC)c(-n2cnc(C(=O)O)c2)c1. The first-order chi connectivity index (χ1) is 9.56. The molecule has 1 amide bonds. The molecule has 0 aliphatic carbocycles. The first-order valence-electron chi connectivity index (χ1n) is 5.74. The second kappa shape index (κ2) is 5.43. The molecule has 1 aromatic heterocycles. The first-order valence-corrected chi connectivity index (χ1v) is 5.74. The molecule has 0 fully saturated rings. The van der Waals surface area contributed by atoms with Crippen LogP contribution in [0.25, 0.3) is 5.69 Å². The van der Waals surface area contributed by atoms with E-state index in [1.807, 2.05) is 0 Å². The molecule has 0 saturated carbocycles. The van der Waals surface area contributed by atoms with Gasteiger partial charge >= 0.3 is 5.97 Å². The topological polar surface area (TPSA) is 93.5 Å². The van der Waals surface area contributed by atoms with Crippen LogP contribution in [0.3, 0.4) is 0 Å². The molecule has 0 spiro atoms. The molecule has 0 unspecified atom stereocenters. The van der Waals surface area contributed by atoms with E-state index in [0.717, 1.165) is 0 Å². The fourth-order valence-corrected chi connectivity index (χ4v) is 1.74. The summed E-state index contributed by atoms with van der Waals surface area (Å²) in [6.07, 6.45) is 2.71. The number of hydrogen-bond acceptors (Lipinski definition) is 4. The molecule has 20 heavy (non-hydrogen) atoms. The van der Waals surface area contributed by atoms with Crippen LogP contribution in [0.2, 0.25) is 0 Å². The number of carbonyl (C=O) groups excluding carboxylic acids is 1.